The lowest BCUT2D eigenvalue weighted by molar-refractivity contribution is 0.514. The largest absolute Gasteiger partial charge is 0.441 e. The Morgan fingerprint density at radius 3 is 2.88 bits per heavy atom. The molecule has 16 heavy (non-hydrogen) atoms. The van der Waals surface area contributed by atoms with Gasteiger partial charge in [0.25, 0.3) is 0 Å². The fourth-order valence-corrected chi connectivity index (χ4v) is 1.73. The Bertz CT molecular complexity index is 468. The number of hydrogen-bond acceptors (Lipinski definition) is 4. The molecule has 2 heterocycles. The number of allylic oxidation sites excluding steroid dienone is 2. The second-order valence-electron chi connectivity index (χ2n) is 3.92. The Morgan fingerprint density at radius 1 is 1.38 bits per heavy atom. The van der Waals surface area contributed by atoms with Gasteiger partial charge in [-0.1, -0.05) is 0 Å². The van der Waals surface area contributed by atoms with E-state index in [4.69, 9.17) is 9.83 Å². The van der Waals surface area contributed by atoms with Crippen molar-refractivity contribution >= 4 is 17.5 Å². The summed E-state index contributed by atoms with van der Waals surface area (Å²) in [6, 6.07) is 0. The second kappa shape index (κ2) is 4.43. The quantitative estimate of drug-likeness (QED) is 0.786. The summed E-state index contributed by atoms with van der Waals surface area (Å²) in [6.07, 6.45) is 6.21. The van der Waals surface area contributed by atoms with E-state index >= 15 is 0 Å². The maximum Gasteiger partial charge on any atom is 0.229 e. The number of nitrogens with zero attached hydrogens (tertiary/aromatic N) is 2. The molecule has 0 bridgehead atoms. The van der Waals surface area contributed by atoms with Crippen LogP contribution in [0.3, 0.4) is 0 Å². The standard InChI is InChI=1S/C12H15N3O/c1-8-7-15-12(16-8)11-9(2)14-6-4-3-5-10(11)13/h6-7,13H,3-5H2,1-2H3. The summed E-state index contributed by atoms with van der Waals surface area (Å²) in [7, 11) is 0. The fraction of sp³-hybridized carbons (Fsp3) is 0.417. The van der Waals surface area contributed by atoms with E-state index in [9.17, 15) is 0 Å². The van der Waals surface area contributed by atoms with Crippen molar-refractivity contribution in [1.29, 1.82) is 5.41 Å². The van der Waals surface area contributed by atoms with Crippen LogP contribution in [0, 0.1) is 12.3 Å². The molecule has 4 heteroatoms. The van der Waals surface area contributed by atoms with Crippen LogP contribution in [0.4, 0.5) is 0 Å². The van der Waals surface area contributed by atoms with E-state index < -0.39 is 0 Å². The molecule has 0 spiro atoms. The van der Waals surface area contributed by atoms with E-state index in [1.54, 1.807) is 6.20 Å². The third-order valence-electron chi connectivity index (χ3n) is 2.54. The van der Waals surface area contributed by atoms with Gasteiger partial charge in [-0.05, 0) is 33.1 Å². The Balaban J connectivity index is 2.47. The molecule has 84 valence electrons. The zero-order chi connectivity index (χ0) is 11.5. The predicted octanol–water partition coefficient (Wildman–Crippen LogP) is 2.99. The topological polar surface area (TPSA) is 62.2 Å². The van der Waals surface area contributed by atoms with Crippen molar-refractivity contribution in [3.05, 3.63) is 23.5 Å². The van der Waals surface area contributed by atoms with Gasteiger partial charge in [-0.2, -0.15) is 0 Å². The van der Waals surface area contributed by atoms with Crippen LogP contribution in [0.2, 0.25) is 0 Å². The Labute approximate surface area is 94.6 Å². The number of aromatic nitrogens is 1. The predicted molar refractivity (Wildman–Crippen MR) is 63.9 cm³/mol. The van der Waals surface area contributed by atoms with Crippen LogP contribution in [-0.2, 0) is 0 Å². The number of hydrogen-bond donors (Lipinski definition) is 1. The molecule has 0 amide bonds. The van der Waals surface area contributed by atoms with Crippen molar-refractivity contribution in [3.63, 3.8) is 0 Å². The summed E-state index contributed by atoms with van der Waals surface area (Å²) in [5, 5.41) is 8.03. The molecular formula is C12H15N3O. The molecule has 1 aliphatic rings. The van der Waals surface area contributed by atoms with Gasteiger partial charge in [0.05, 0.1) is 17.5 Å². The van der Waals surface area contributed by atoms with Crippen molar-refractivity contribution in [2.75, 3.05) is 0 Å². The molecule has 0 unspecified atom stereocenters. The van der Waals surface area contributed by atoms with Crippen LogP contribution in [0.1, 0.15) is 37.8 Å². The molecule has 4 nitrogen and oxygen atoms in total. The molecule has 1 aromatic rings. The third-order valence-corrected chi connectivity index (χ3v) is 2.54. The Hall–Kier alpha value is -1.71. The average Bonchev–Trinajstić information content (AvgIpc) is 2.62. The van der Waals surface area contributed by atoms with E-state index in [2.05, 4.69) is 9.98 Å². The lowest BCUT2D eigenvalue weighted by Crippen LogP contribution is -2.05. The molecule has 0 atom stereocenters. The first-order valence-corrected chi connectivity index (χ1v) is 5.42. The zero-order valence-corrected chi connectivity index (χ0v) is 9.58. The summed E-state index contributed by atoms with van der Waals surface area (Å²) >= 11 is 0. The molecule has 0 saturated heterocycles. The molecule has 0 saturated carbocycles. The highest BCUT2D eigenvalue weighted by atomic mass is 16.4. The van der Waals surface area contributed by atoms with E-state index in [-0.39, 0.29) is 0 Å². The van der Waals surface area contributed by atoms with E-state index in [0.717, 1.165) is 36.3 Å². The highest BCUT2D eigenvalue weighted by molar-refractivity contribution is 6.22. The van der Waals surface area contributed by atoms with Crippen LogP contribution in [0.25, 0.3) is 5.57 Å². The van der Waals surface area contributed by atoms with Gasteiger partial charge < -0.3 is 9.83 Å². The van der Waals surface area contributed by atoms with Crippen molar-refractivity contribution in [2.24, 2.45) is 4.99 Å². The molecule has 1 N–H and O–H groups in total. The molecular weight excluding hydrogens is 202 g/mol. The number of nitrogens with one attached hydrogen (secondary N) is 1. The van der Waals surface area contributed by atoms with Crippen molar-refractivity contribution in [2.45, 2.75) is 33.1 Å². The van der Waals surface area contributed by atoms with Crippen LogP contribution in [-0.4, -0.2) is 16.9 Å². The Morgan fingerprint density at radius 2 is 2.19 bits per heavy atom. The summed E-state index contributed by atoms with van der Waals surface area (Å²) in [5.41, 5.74) is 2.12. The van der Waals surface area contributed by atoms with Gasteiger partial charge in [0.15, 0.2) is 0 Å². The van der Waals surface area contributed by atoms with Gasteiger partial charge >= 0.3 is 0 Å². The zero-order valence-electron chi connectivity index (χ0n) is 9.58. The maximum atomic E-state index is 8.03. The Kier molecular flexibility index (Phi) is 2.99. The monoisotopic (exact) mass is 217 g/mol. The van der Waals surface area contributed by atoms with Gasteiger partial charge in [-0.15, -0.1) is 0 Å². The highest BCUT2D eigenvalue weighted by Crippen LogP contribution is 2.24. The molecule has 0 aromatic carbocycles. The molecule has 1 aromatic heterocycles. The van der Waals surface area contributed by atoms with Gasteiger partial charge in [0.1, 0.15) is 5.76 Å². The van der Waals surface area contributed by atoms with E-state index in [1.807, 2.05) is 20.1 Å². The fourth-order valence-electron chi connectivity index (χ4n) is 1.73. The summed E-state index contributed by atoms with van der Waals surface area (Å²) in [4.78, 5) is 8.49. The number of aliphatic imine (C=N–C) groups is 1. The van der Waals surface area contributed by atoms with E-state index in [1.165, 1.54) is 0 Å². The minimum absolute atomic E-state index is 0.513. The lowest BCUT2D eigenvalue weighted by atomic mass is 10.0. The van der Waals surface area contributed by atoms with Crippen LogP contribution >= 0.6 is 0 Å². The summed E-state index contributed by atoms with van der Waals surface area (Å²) < 4.78 is 5.48. The average molecular weight is 217 g/mol. The summed E-state index contributed by atoms with van der Waals surface area (Å²) in [6.45, 7) is 3.74. The number of aryl methyl sites for hydroxylation is 1. The van der Waals surface area contributed by atoms with Gasteiger partial charge in [-0.25, -0.2) is 4.98 Å². The van der Waals surface area contributed by atoms with Crippen molar-refractivity contribution in [1.82, 2.24) is 4.98 Å². The first-order chi connectivity index (χ1) is 7.68. The van der Waals surface area contributed by atoms with Crippen LogP contribution in [0.5, 0.6) is 0 Å². The smallest absolute Gasteiger partial charge is 0.229 e. The van der Waals surface area contributed by atoms with Crippen molar-refractivity contribution < 1.29 is 4.42 Å². The van der Waals surface area contributed by atoms with Crippen molar-refractivity contribution in [3.8, 4) is 0 Å². The SMILES string of the molecule is CC1=C(c2ncc(C)o2)C(=N)CCCC=N1. The maximum absolute atomic E-state index is 8.03. The van der Waals surface area contributed by atoms with Gasteiger partial charge in [0.2, 0.25) is 5.89 Å². The normalized spacial score (nSPS) is 17.5. The van der Waals surface area contributed by atoms with E-state index in [0.29, 0.717) is 11.6 Å². The van der Waals surface area contributed by atoms with Crippen LogP contribution in [0.15, 0.2) is 21.3 Å². The minimum atomic E-state index is 0.513. The second-order valence-corrected chi connectivity index (χ2v) is 3.92. The first-order valence-electron chi connectivity index (χ1n) is 5.42. The van der Waals surface area contributed by atoms with Gasteiger partial charge in [-0.3, -0.25) is 4.99 Å². The molecule has 0 radical (unpaired) electrons. The van der Waals surface area contributed by atoms with Crippen LogP contribution < -0.4 is 0 Å². The molecule has 1 aliphatic heterocycles. The molecule has 2 rings (SSSR count). The molecule has 0 aliphatic carbocycles. The first kappa shape index (κ1) is 10.8. The van der Waals surface area contributed by atoms with Gasteiger partial charge in [0, 0.05) is 11.9 Å². The minimum Gasteiger partial charge on any atom is -0.441 e. The highest BCUT2D eigenvalue weighted by Gasteiger charge is 2.17. The summed E-state index contributed by atoms with van der Waals surface area (Å²) in [5.74, 6) is 1.27. The number of oxazole rings is 1. The lowest BCUT2D eigenvalue weighted by Gasteiger charge is -2.10. The molecule has 0 fully saturated rings. The number of rotatable bonds is 1. The third kappa shape index (κ3) is 2.10.